The van der Waals surface area contributed by atoms with Crippen LogP contribution in [0.4, 0.5) is 0 Å². The first-order chi connectivity index (χ1) is 14.6. The van der Waals surface area contributed by atoms with E-state index in [9.17, 15) is 4.57 Å². The van der Waals surface area contributed by atoms with E-state index in [1.807, 2.05) is 13.3 Å². The van der Waals surface area contributed by atoms with Crippen molar-refractivity contribution in [3.63, 3.8) is 0 Å². The quantitative estimate of drug-likeness (QED) is 0.101. The zero-order chi connectivity index (χ0) is 22.2. The Bertz CT molecular complexity index is 360. The van der Waals surface area contributed by atoms with Crippen LogP contribution in [-0.2, 0) is 4.57 Å². The second-order valence-electron chi connectivity index (χ2n) is 10.4. The van der Waals surface area contributed by atoms with Gasteiger partial charge in [0.25, 0.3) is 0 Å². The minimum atomic E-state index is -1.76. The Kier molecular flexibility index (Phi) is 24.1. The lowest BCUT2D eigenvalue weighted by atomic mass is 10.0. The van der Waals surface area contributed by atoms with Crippen molar-refractivity contribution in [1.29, 1.82) is 0 Å². The Balaban J connectivity index is 3.03. The normalized spacial score (nSPS) is 12.0. The summed E-state index contributed by atoms with van der Waals surface area (Å²) in [5, 5.41) is 0. The standard InChI is InChI=1S/C28H59OP/c1-4-5-6-7-8-9-10-11-12-13-14-15-16-17-18-19-20-21-22-23-24-25-26-27-28-30(2,3)29/h4-28H2,1-3H3. The van der Waals surface area contributed by atoms with Gasteiger partial charge in [-0.05, 0) is 19.8 Å². The van der Waals surface area contributed by atoms with E-state index in [2.05, 4.69) is 6.92 Å². The summed E-state index contributed by atoms with van der Waals surface area (Å²) in [7, 11) is -1.76. The van der Waals surface area contributed by atoms with E-state index in [-0.39, 0.29) is 0 Å². The fraction of sp³-hybridized carbons (Fsp3) is 1.00. The van der Waals surface area contributed by atoms with E-state index >= 15 is 0 Å². The maximum absolute atomic E-state index is 11.6. The topological polar surface area (TPSA) is 17.1 Å². The number of hydrogen-bond acceptors (Lipinski definition) is 1. The summed E-state index contributed by atoms with van der Waals surface area (Å²) >= 11 is 0. The van der Waals surface area contributed by atoms with Crippen LogP contribution in [0.5, 0.6) is 0 Å². The van der Waals surface area contributed by atoms with Gasteiger partial charge in [-0.25, -0.2) is 0 Å². The van der Waals surface area contributed by atoms with Crippen LogP contribution >= 0.6 is 7.14 Å². The van der Waals surface area contributed by atoms with Crippen molar-refractivity contribution in [3.8, 4) is 0 Å². The van der Waals surface area contributed by atoms with E-state index in [1.54, 1.807) is 0 Å². The Labute approximate surface area is 192 Å². The van der Waals surface area contributed by atoms with Crippen LogP contribution in [0.2, 0.25) is 0 Å². The zero-order valence-electron chi connectivity index (χ0n) is 21.5. The lowest BCUT2D eigenvalue weighted by Crippen LogP contribution is -1.87. The van der Waals surface area contributed by atoms with Crippen molar-refractivity contribution in [1.82, 2.24) is 0 Å². The zero-order valence-corrected chi connectivity index (χ0v) is 22.4. The van der Waals surface area contributed by atoms with Gasteiger partial charge in [-0.3, -0.25) is 0 Å². The fourth-order valence-electron chi connectivity index (χ4n) is 4.45. The van der Waals surface area contributed by atoms with Crippen LogP contribution in [0.25, 0.3) is 0 Å². The predicted octanol–water partition coefficient (Wildman–Crippen LogP) is 11.0. The third-order valence-electron chi connectivity index (χ3n) is 6.55. The highest BCUT2D eigenvalue weighted by Gasteiger charge is 2.05. The van der Waals surface area contributed by atoms with Crippen LogP contribution in [0.15, 0.2) is 0 Å². The van der Waals surface area contributed by atoms with Gasteiger partial charge < -0.3 is 4.57 Å². The second kappa shape index (κ2) is 23.9. The predicted molar refractivity (Wildman–Crippen MR) is 141 cm³/mol. The molecule has 0 aromatic rings. The van der Waals surface area contributed by atoms with Gasteiger partial charge in [-0.2, -0.15) is 0 Å². The third kappa shape index (κ3) is 28.2. The molecule has 0 aliphatic rings. The summed E-state index contributed by atoms with van der Waals surface area (Å²) < 4.78 is 11.6. The molecule has 182 valence electrons. The first-order valence-corrected chi connectivity index (χ1v) is 16.9. The first-order valence-electron chi connectivity index (χ1n) is 14.1. The van der Waals surface area contributed by atoms with E-state index in [1.165, 1.54) is 154 Å². The van der Waals surface area contributed by atoms with Gasteiger partial charge in [0, 0.05) is 6.16 Å². The van der Waals surface area contributed by atoms with E-state index in [0.29, 0.717) is 0 Å². The van der Waals surface area contributed by atoms with Gasteiger partial charge in [0.2, 0.25) is 0 Å². The molecule has 0 saturated carbocycles. The molecule has 0 saturated heterocycles. The van der Waals surface area contributed by atoms with Crippen LogP contribution in [0.3, 0.4) is 0 Å². The van der Waals surface area contributed by atoms with Crippen molar-refractivity contribution < 1.29 is 4.57 Å². The highest BCUT2D eigenvalue weighted by molar-refractivity contribution is 7.62. The van der Waals surface area contributed by atoms with Crippen LogP contribution < -0.4 is 0 Å². The molecule has 0 amide bonds. The maximum Gasteiger partial charge on any atom is 0.0819 e. The van der Waals surface area contributed by atoms with Crippen molar-refractivity contribution >= 4 is 7.14 Å². The molecule has 1 nitrogen and oxygen atoms in total. The summed E-state index contributed by atoms with van der Waals surface area (Å²) in [6.45, 7) is 6.14. The molecule has 0 N–H and O–H groups in total. The molecule has 0 aliphatic heterocycles. The van der Waals surface area contributed by atoms with E-state index in [0.717, 1.165) is 6.16 Å². The molecule has 0 fully saturated rings. The van der Waals surface area contributed by atoms with Crippen molar-refractivity contribution in [2.75, 3.05) is 19.5 Å². The van der Waals surface area contributed by atoms with Crippen LogP contribution in [0, 0.1) is 0 Å². The molecule has 0 aliphatic carbocycles. The highest BCUT2D eigenvalue weighted by Crippen LogP contribution is 2.36. The molecular weight excluding hydrogens is 383 g/mol. The number of rotatable bonds is 25. The van der Waals surface area contributed by atoms with Crippen molar-refractivity contribution in [2.45, 2.75) is 161 Å². The summed E-state index contributed by atoms with van der Waals surface area (Å²) in [6, 6.07) is 0. The van der Waals surface area contributed by atoms with Crippen LogP contribution in [0.1, 0.15) is 161 Å². The Morgan fingerprint density at radius 1 is 0.367 bits per heavy atom. The van der Waals surface area contributed by atoms with Gasteiger partial charge >= 0.3 is 0 Å². The summed E-state index contributed by atoms with van der Waals surface area (Å²) in [5.41, 5.74) is 0. The highest BCUT2D eigenvalue weighted by atomic mass is 31.2. The smallest absolute Gasteiger partial charge is 0.0819 e. The first kappa shape index (κ1) is 30.2. The molecule has 0 aromatic heterocycles. The van der Waals surface area contributed by atoms with E-state index < -0.39 is 7.14 Å². The molecule has 0 radical (unpaired) electrons. The molecular formula is C28H59OP. The largest absolute Gasteiger partial charge is 0.324 e. The molecule has 0 rings (SSSR count). The van der Waals surface area contributed by atoms with Gasteiger partial charge in [-0.15, -0.1) is 0 Å². The monoisotopic (exact) mass is 442 g/mol. The fourth-order valence-corrected chi connectivity index (χ4v) is 5.44. The SMILES string of the molecule is CCCCCCCCCCCCCCCCCCCCCCCCCCP(C)(C)=O. The number of hydrogen-bond donors (Lipinski definition) is 0. The maximum atomic E-state index is 11.6. The Morgan fingerprint density at radius 3 is 0.767 bits per heavy atom. The van der Waals surface area contributed by atoms with Crippen molar-refractivity contribution in [2.24, 2.45) is 0 Å². The molecule has 30 heavy (non-hydrogen) atoms. The summed E-state index contributed by atoms with van der Waals surface area (Å²) in [5.74, 6) is 0. The average Bonchev–Trinajstić information content (AvgIpc) is 2.70. The minimum absolute atomic E-state index is 0.951. The third-order valence-corrected chi connectivity index (χ3v) is 7.94. The second-order valence-corrected chi connectivity index (χ2v) is 14.0. The Hall–Kier alpha value is 0.230. The average molecular weight is 443 g/mol. The van der Waals surface area contributed by atoms with Gasteiger partial charge in [0.15, 0.2) is 0 Å². The number of unbranched alkanes of at least 4 members (excludes halogenated alkanes) is 23. The summed E-state index contributed by atoms with van der Waals surface area (Å²) in [6.07, 6.45) is 35.3. The lowest BCUT2D eigenvalue weighted by Gasteiger charge is -2.06. The van der Waals surface area contributed by atoms with Crippen molar-refractivity contribution in [3.05, 3.63) is 0 Å². The minimum Gasteiger partial charge on any atom is -0.324 e. The van der Waals surface area contributed by atoms with E-state index in [4.69, 9.17) is 0 Å². The molecule has 0 bridgehead atoms. The Morgan fingerprint density at radius 2 is 0.567 bits per heavy atom. The molecule has 2 heteroatoms. The molecule has 0 atom stereocenters. The lowest BCUT2D eigenvalue weighted by molar-refractivity contribution is 0.517. The van der Waals surface area contributed by atoms with Gasteiger partial charge in [-0.1, -0.05) is 155 Å². The molecule has 0 spiro atoms. The van der Waals surface area contributed by atoms with Gasteiger partial charge in [0.1, 0.15) is 0 Å². The molecule has 0 unspecified atom stereocenters. The van der Waals surface area contributed by atoms with Crippen LogP contribution in [-0.4, -0.2) is 19.5 Å². The summed E-state index contributed by atoms with van der Waals surface area (Å²) in [4.78, 5) is 0. The van der Waals surface area contributed by atoms with Gasteiger partial charge in [0.05, 0.1) is 7.14 Å². The molecule has 0 aromatic carbocycles. The molecule has 0 heterocycles.